The summed E-state index contributed by atoms with van der Waals surface area (Å²) in [6, 6.07) is 0. The van der Waals surface area contributed by atoms with Crippen molar-refractivity contribution in [1.29, 1.82) is 0 Å². The summed E-state index contributed by atoms with van der Waals surface area (Å²) in [5.74, 6) is -4.93. The van der Waals surface area contributed by atoms with Crippen molar-refractivity contribution in [3.8, 4) is 0 Å². The van der Waals surface area contributed by atoms with Crippen LogP contribution >= 0.6 is 90.4 Å². The number of primary amides is 2. The van der Waals surface area contributed by atoms with Crippen molar-refractivity contribution in [2.75, 3.05) is 36.9 Å². The summed E-state index contributed by atoms with van der Waals surface area (Å²) >= 11 is 7.11. The first kappa shape index (κ1) is 41.2. The number of hydrogen-bond acceptors (Lipinski definition) is 10. The second kappa shape index (κ2) is 18.1. The zero-order valence-electron chi connectivity index (χ0n) is 24.6. The van der Waals surface area contributed by atoms with E-state index in [-0.39, 0.29) is 72.1 Å². The lowest BCUT2D eigenvalue weighted by Crippen LogP contribution is -2.35. The summed E-state index contributed by atoms with van der Waals surface area (Å²) < 4.78 is 0.794. The van der Waals surface area contributed by atoms with Gasteiger partial charge in [-0.2, -0.15) is 0 Å². The molecule has 2 unspecified atom stereocenters. The third-order valence-corrected chi connectivity index (χ3v) is 10.8. The van der Waals surface area contributed by atoms with Crippen LogP contribution in [0.25, 0.3) is 0 Å². The Labute approximate surface area is 322 Å². The number of aliphatic hydroxyl groups excluding tert-OH is 4. The van der Waals surface area contributed by atoms with Gasteiger partial charge in [0.2, 0.25) is 23.6 Å². The Morgan fingerprint density at radius 3 is 1.45 bits per heavy atom. The molecule has 20 heteroatoms. The highest BCUT2D eigenvalue weighted by Crippen LogP contribution is 2.36. The molecule has 0 fully saturated rings. The van der Waals surface area contributed by atoms with E-state index in [1.54, 1.807) is 90.4 Å². The van der Waals surface area contributed by atoms with Gasteiger partial charge < -0.3 is 53.2 Å². The van der Waals surface area contributed by atoms with Gasteiger partial charge in [0, 0.05) is 16.7 Å². The Kier molecular flexibility index (Phi) is 15.9. The van der Waals surface area contributed by atoms with Crippen LogP contribution in [0.1, 0.15) is 59.0 Å². The lowest BCUT2D eigenvalue weighted by molar-refractivity contribution is -0.123. The van der Waals surface area contributed by atoms with Gasteiger partial charge in [-0.15, -0.1) is 0 Å². The van der Waals surface area contributed by atoms with Crippen LogP contribution in [-0.2, 0) is 9.59 Å². The lowest BCUT2D eigenvalue weighted by atomic mass is 9.99. The second-order valence-electron chi connectivity index (χ2n) is 9.85. The maximum Gasteiger partial charge on any atom is 0.253 e. The topological polar surface area (TPSA) is 284 Å². The summed E-state index contributed by atoms with van der Waals surface area (Å²) in [6.07, 6.45) is -3.26. The highest BCUT2D eigenvalue weighted by Gasteiger charge is 2.29. The standard InChI is InChI=1S/C27H30I4N6O10/c1-8-14(24(32)44)19(29)23(20(30)16(8)26(46)34-4-10(40)6-38)37-13(43)3-12(42)36-22-9(2)15(25(33)45)18(28)17(21(22)31)27(47)35-5-11(41)7-39/h10-11,38-41H,3-7H2,1-2H3,(H2,32,44)(H2,33,45)(H,34,46)(H,35,47)(H,36,42)(H,37,43). The summed E-state index contributed by atoms with van der Waals surface area (Å²) in [6.45, 7) is 1.16. The molecule has 0 aromatic heterocycles. The minimum atomic E-state index is -1.24. The molecule has 47 heavy (non-hydrogen) atoms. The van der Waals surface area contributed by atoms with Crippen LogP contribution in [0.3, 0.4) is 0 Å². The molecule has 2 aromatic rings. The van der Waals surface area contributed by atoms with Gasteiger partial charge in [-0.25, -0.2) is 0 Å². The monoisotopic (exact) mass is 1110 g/mol. The number of amides is 6. The number of aliphatic hydroxyl groups is 4. The quantitative estimate of drug-likeness (QED) is 0.0897. The number of halogens is 4. The van der Waals surface area contributed by atoms with Crippen LogP contribution in [0.15, 0.2) is 0 Å². The molecule has 2 aromatic carbocycles. The summed E-state index contributed by atoms with van der Waals surface area (Å²) in [4.78, 5) is 77.0. The highest BCUT2D eigenvalue weighted by molar-refractivity contribution is 14.1. The van der Waals surface area contributed by atoms with E-state index in [0.717, 1.165) is 0 Å². The molecule has 0 bridgehead atoms. The van der Waals surface area contributed by atoms with Gasteiger partial charge in [-0.05, 0) is 115 Å². The van der Waals surface area contributed by atoms with E-state index in [1.807, 2.05) is 0 Å². The molecule has 2 atom stereocenters. The maximum atomic E-state index is 13.1. The van der Waals surface area contributed by atoms with E-state index in [2.05, 4.69) is 21.3 Å². The molecule has 0 radical (unpaired) electrons. The smallest absolute Gasteiger partial charge is 0.253 e. The van der Waals surface area contributed by atoms with E-state index in [0.29, 0.717) is 0 Å². The Morgan fingerprint density at radius 1 is 0.617 bits per heavy atom. The first-order chi connectivity index (χ1) is 21.9. The van der Waals surface area contributed by atoms with Gasteiger partial charge in [0.05, 0.1) is 69.8 Å². The summed E-state index contributed by atoms with van der Waals surface area (Å²) in [5, 5.41) is 47.3. The minimum absolute atomic E-state index is 0.0231. The van der Waals surface area contributed by atoms with Crippen LogP contribution in [0.4, 0.5) is 11.4 Å². The largest absolute Gasteiger partial charge is 0.394 e. The van der Waals surface area contributed by atoms with Crippen molar-refractivity contribution >= 4 is 137 Å². The van der Waals surface area contributed by atoms with E-state index in [1.165, 1.54) is 13.8 Å². The molecule has 16 nitrogen and oxygen atoms in total. The van der Waals surface area contributed by atoms with Gasteiger partial charge >= 0.3 is 0 Å². The fraction of sp³-hybridized carbons (Fsp3) is 0.333. The average molecular weight is 1110 g/mol. The Hall–Kier alpha value is -1.98. The van der Waals surface area contributed by atoms with Crippen molar-refractivity contribution in [3.05, 3.63) is 47.7 Å². The molecule has 12 N–H and O–H groups in total. The second-order valence-corrected chi connectivity index (χ2v) is 14.2. The molecule has 0 heterocycles. The van der Waals surface area contributed by atoms with Gasteiger partial charge in [-0.3, -0.25) is 28.8 Å². The Morgan fingerprint density at radius 2 is 1.00 bits per heavy atom. The van der Waals surface area contributed by atoms with Gasteiger partial charge in [-0.1, -0.05) is 0 Å². The van der Waals surface area contributed by atoms with E-state index in [4.69, 9.17) is 21.7 Å². The average Bonchev–Trinajstić information content (AvgIpc) is 2.98. The Balaban J connectivity index is 2.46. The highest BCUT2D eigenvalue weighted by atomic mass is 127. The number of benzene rings is 2. The van der Waals surface area contributed by atoms with Crippen LogP contribution < -0.4 is 32.7 Å². The van der Waals surface area contributed by atoms with Crippen molar-refractivity contribution in [2.45, 2.75) is 32.5 Å². The molecular formula is C27H30I4N6O10. The molecule has 0 spiro atoms. The molecule has 0 saturated carbocycles. The number of nitrogens with two attached hydrogens (primary N) is 2. The SMILES string of the molecule is Cc1c(C(N)=O)c(I)c(NC(=O)CC(=O)Nc2c(C)c(C(N)=O)c(I)c(C(=O)NCC(O)CO)c2I)c(I)c1C(=O)NCC(O)CO. The van der Waals surface area contributed by atoms with Gasteiger partial charge in [0.15, 0.2) is 0 Å². The third kappa shape index (κ3) is 10.0. The number of nitrogens with one attached hydrogen (secondary N) is 4. The van der Waals surface area contributed by atoms with Crippen molar-refractivity contribution in [2.24, 2.45) is 11.5 Å². The molecule has 0 aliphatic heterocycles. The zero-order chi connectivity index (χ0) is 35.9. The molecule has 6 amide bonds. The number of carbonyl (C=O) groups excluding carboxylic acids is 6. The van der Waals surface area contributed by atoms with E-state index < -0.39 is 67.3 Å². The van der Waals surface area contributed by atoms with Gasteiger partial charge in [0.1, 0.15) is 6.42 Å². The molecule has 0 aliphatic rings. The third-order valence-electron chi connectivity index (χ3n) is 6.47. The minimum Gasteiger partial charge on any atom is -0.394 e. The van der Waals surface area contributed by atoms with Crippen LogP contribution in [0.2, 0.25) is 0 Å². The Bertz CT molecular complexity index is 1520. The van der Waals surface area contributed by atoms with E-state index in [9.17, 15) is 39.0 Å². The normalized spacial score (nSPS) is 12.1. The summed E-state index contributed by atoms with van der Waals surface area (Å²) in [7, 11) is 0. The maximum absolute atomic E-state index is 13.1. The first-order valence-corrected chi connectivity index (χ1v) is 17.6. The van der Waals surface area contributed by atoms with E-state index >= 15 is 0 Å². The van der Waals surface area contributed by atoms with Crippen LogP contribution in [0.5, 0.6) is 0 Å². The number of hydrogen-bond donors (Lipinski definition) is 10. The van der Waals surface area contributed by atoms with Gasteiger partial charge in [0.25, 0.3) is 11.8 Å². The molecule has 0 aliphatic carbocycles. The fourth-order valence-electron chi connectivity index (χ4n) is 4.15. The van der Waals surface area contributed by atoms with Crippen LogP contribution in [0, 0.1) is 28.1 Å². The number of rotatable bonds is 14. The zero-order valence-corrected chi connectivity index (χ0v) is 33.2. The van der Waals surface area contributed by atoms with Crippen molar-refractivity contribution in [1.82, 2.24) is 10.6 Å². The molecule has 0 saturated heterocycles. The lowest BCUT2D eigenvalue weighted by Gasteiger charge is -2.20. The fourth-order valence-corrected chi connectivity index (χ4v) is 9.55. The number of anilines is 2. The predicted molar refractivity (Wildman–Crippen MR) is 203 cm³/mol. The first-order valence-electron chi connectivity index (χ1n) is 13.3. The number of carbonyl (C=O) groups is 6. The molecule has 256 valence electrons. The van der Waals surface area contributed by atoms with Crippen molar-refractivity contribution in [3.63, 3.8) is 0 Å². The molecule has 2 rings (SSSR count). The van der Waals surface area contributed by atoms with Crippen LogP contribution in [-0.4, -0.2) is 94.4 Å². The van der Waals surface area contributed by atoms with Crippen molar-refractivity contribution < 1.29 is 49.2 Å². The summed E-state index contributed by atoms with van der Waals surface area (Å²) in [5.41, 5.74) is 11.5. The molecular weight excluding hydrogens is 1080 g/mol. The predicted octanol–water partition coefficient (Wildman–Crippen LogP) is 0.0529.